The number of rotatable bonds is 4. The van der Waals surface area contributed by atoms with Gasteiger partial charge in [-0.25, -0.2) is 9.59 Å². The first kappa shape index (κ1) is 13.5. The largest absolute Gasteiger partial charge is 0.481 e. The molecule has 0 aliphatic carbocycles. The van der Waals surface area contributed by atoms with Crippen LogP contribution in [0.25, 0.3) is 10.9 Å². The molecule has 2 rings (SSSR count). The summed E-state index contributed by atoms with van der Waals surface area (Å²) in [6.45, 7) is -0.250. The predicted octanol–water partition coefficient (Wildman–Crippen LogP) is -0.137. The molecule has 8 nitrogen and oxygen atoms in total. The molecule has 0 saturated carbocycles. The summed E-state index contributed by atoms with van der Waals surface area (Å²) in [4.78, 5) is 47.4. The van der Waals surface area contributed by atoms with E-state index in [9.17, 15) is 19.2 Å². The molecule has 3 N–H and O–H groups in total. The normalized spacial score (nSPS) is 10.6. The van der Waals surface area contributed by atoms with E-state index in [1.807, 2.05) is 0 Å². The number of H-pyrrole nitrogens is 1. The number of carboxylic acid groups (broad SMARTS) is 2. The summed E-state index contributed by atoms with van der Waals surface area (Å²) in [6.07, 6.45) is -0.359. The lowest BCUT2D eigenvalue weighted by atomic mass is 10.1. The van der Waals surface area contributed by atoms with Crippen LogP contribution in [0, 0.1) is 0 Å². The molecule has 8 heteroatoms. The lowest BCUT2D eigenvalue weighted by molar-refractivity contribution is -0.137. The molecule has 20 heavy (non-hydrogen) atoms. The van der Waals surface area contributed by atoms with Crippen LogP contribution in [0.1, 0.15) is 16.8 Å². The van der Waals surface area contributed by atoms with Gasteiger partial charge in [-0.15, -0.1) is 0 Å². The molecule has 0 aliphatic rings. The number of aromatic amines is 1. The van der Waals surface area contributed by atoms with Gasteiger partial charge >= 0.3 is 17.6 Å². The van der Waals surface area contributed by atoms with Gasteiger partial charge < -0.3 is 15.2 Å². The maximum Gasteiger partial charge on any atom is 0.335 e. The summed E-state index contributed by atoms with van der Waals surface area (Å²) >= 11 is 0. The second-order valence-corrected chi connectivity index (χ2v) is 4.10. The van der Waals surface area contributed by atoms with Crippen LogP contribution in [0.4, 0.5) is 0 Å². The minimum absolute atomic E-state index is 0.0594. The van der Waals surface area contributed by atoms with Gasteiger partial charge in [0.05, 0.1) is 22.9 Å². The minimum Gasteiger partial charge on any atom is -0.481 e. The predicted molar refractivity (Wildman–Crippen MR) is 68.0 cm³/mol. The Morgan fingerprint density at radius 3 is 2.50 bits per heavy atom. The molecule has 0 radical (unpaired) electrons. The maximum atomic E-state index is 12.0. The van der Waals surface area contributed by atoms with Gasteiger partial charge in [-0.3, -0.25) is 14.2 Å². The first-order chi connectivity index (χ1) is 9.40. The van der Waals surface area contributed by atoms with E-state index in [4.69, 9.17) is 10.2 Å². The molecule has 104 valence electrons. The summed E-state index contributed by atoms with van der Waals surface area (Å²) in [5.41, 5.74) is -1.38. The number of benzene rings is 1. The fourth-order valence-corrected chi connectivity index (χ4v) is 1.80. The Kier molecular flexibility index (Phi) is 3.38. The highest BCUT2D eigenvalue weighted by Gasteiger charge is 2.11. The van der Waals surface area contributed by atoms with Crippen LogP contribution in [-0.4, -0.2) is 31.7 Å². The molecule has 1 aromatic carbocycles. The summed E-state index contributed by atoms with van der Waals surface area (Å²) in [5.74, 6) is -2.31. The average Bonchev–Trinajstić information content (AvgIpc) is 2.37. The number of nitrogens with one attached hydrogen (secondary N) is 1. The molecule has 1 heterocycles. The van der Waals surface area contributed by atoms with Crippen molar-refractivity contribution < 1.29 is 19.8 Å². The van der Waals surface area contributed by atoms with Crippen molar-refractivity contribution in [3.05, 3.63) is 44.6 Å². The van der Waals surface area contributed by atoms with E-state index in [0.717, 1.165) is 4.57 Å². The molecule has 0 bridgehead atoms. The van der Waals surface area contributed by atoms with Crippen molar-refractivity contribution in [2.75, 3.05) is 0 Å². The van der Waals surface area contributed by atoms with E-state index in [-0.39, 0.29) is 29.4 Å². The molecule has 0 aliphatic heterocycles. The Morgan fingerprint density at radius 2 is 1.90 bits per heavy atom. The zero-order valence-corrected chi connectivity index (χ0v) is 10.1. The number of carbonyl (C=O) groups is 2. The second kappa shape index (κ2) is 5.00. The van der Waals surface area contributed by atoms with Gasteiger partial charge in [-0.2, -0.15) is 0 Å². The number of aromatic carboxylic acids is 1. The molecule has 0 atom stereocenters. The van der Waals surface area contributed by atoms with Crippen molar-refractivity contribution in [3.8, 4) is 0 Å². The van der Waals surface area contributed by atoms with Gasteiger partial charge in [0.2, 0.25) is 0 Å². The van der Waals surface area contributed by atoms with Crippen molar-refractivity contribution in [1.29, 1.82) is 0 Å². The van der Waals surface area contributed by atoms with Crippen LogP contribution in [0.15, 0.2) is 27.8 Å². The number of aromatic nitrogens is 2. The Bertz CT molecular complexity index is 817. The summed E-state index contributed by atoms with van der Waals surface area (Å²) in [5, 5.41) is 17.5. The van der Waals surface area contributed by atoms with Gasteiger partial charge in [0, 0.05) is 6.54 Å². The molecule has 0 amide bonds. The topological polar surface area (TPSA) is 129 Å². The van der Waals surface area contributed by atoms with E-state index in [1.54, 1.807) is 0 Å². The fraction of sp³-hybridized carbons (Fsp3) is 0.167. The number of aliphatic carboxylic acids is 1. The van der Waals surface area contributed by atoms with Crippen LogP contribution < -0.4 is 11.2 Å². The van der Waals surface area contributed by atoms with Gasteiger partial charge in [-0.1, -0.05) is 0 Å². The molecular formula is C12H10N2O6. The zero-order valence-electron chi connectivity index (χ0n) is 10.1. The standard InChI is InChI=1S/C12H10N2O6/c15-9(16)3-4-14-10(17)7-2-1-6(11(18)19)5-8(7)13-12(14)20/h1-2,5H,3-4H2,(H,13,20)(H,15,16)(H,18,19). The van der Waals surface area contributed by atoms with Crippen LogP contribution >= 0.6 is 0 Å². The molecular weight excluding hydrogens is 268 g/mol. The van der Waals surface area contributed by atoms with Crippen molar-refractivity contribution in [1.82, 2.24) is 9.55 Å². The molecule has 1 aromatic heterocycles. The smallest absolute Gasteiger partial charge is 0.335 e. The van der Waals surface area contributed by atoms with Gasteiger partial charge in [0.15, 0.2) is 0 Å². The highest BCUT2D eigenvalue weighted by atomic mass is 16.4. The Balaban J connectivity index is 2.62. The van der Waals surface area contributed by atoms with Crippen LogP contribution in [-0.2, 0) is 11.3 Å². The van der Waals surface area contributed by atoms with Gasteiger partial charge in [0.25, 0.3) is 5.56 Å². The number of fused-ring (bicyclic) bond motifs is 1. The van der Waals surface area contributed by atoms with Crippen molar-refractivity contribution in [2.45, 2.75) is 13.0 Å². The highest BCUT2D eigenvalue weighted by molar-refractivity contribution is 5.92. The van der Waals surface area contributed by atoms with E-state index < -0.39 is 23.2 Å². The number of hydrogen-bond acceptors (Lipinski definition) is 4. The molecule has 0 unspecified atom stereocenters. The maximum absolute atomic E-state index is 12.0. The SMILES string of the molecule is O=C(O)CCn1c(=O)[nH]c2cc(C(=O)O)ccc2c1=O. The first-order valence-electron chi connectivity index (χ1n) is 5.62. The third-order valence-corrected chi connectivity index (χ3v) is 2.78. The molecule has 0 saturated heterocycles. The number of carboxylic acids is 2. The van der Waals surface area contributed by atoms with Crippen LogP contribution in [0.5, 0.6) is 0 Å². The second-order valence-electron chi connectivity index (χ2n) is 4.10. The Labute approximate surface area is 110 Å². The Morgan fingerprint density at radius 1 is 1.20 bits per heavy atom. The third-order valence-electron chi connectivity index (χ3n) is 2.78. The van der Waals surface area contributed by atoms with E-state index in [0.29, 0.717) is 0 Å². The number of nitrogens with zero attached hydrogens (tertiary/aromatic N) is 1. The third kappa shape index (κ3) is 2.44. The van der Waals surface area contributed by atoms with Crippen molar-refractivity contribution >= 4 is 22.8 Å². The lowest BCUT2D eigenvalue weighted by Crippen LogP contribution is -2.35. The quantitative estimate of drug-likeness (QED) is 0.713. The number of hydrogen-bond donors (Lipinski definition) is 3. The van der Waals surface area contributed by atoms with E-state index >= 15 is 0 Å². The van der Waals surface area contributed by atoms with Crippen molar-refractivity contribution in [2.24, 2.45) is 0 Å². The van der Waals surface area contributed by atoms with Gasteiger partial charge in [-0.05, 0) is 18.2 Å². The monoisotopic (exact) mass is 278 g/mol. The average molecular weight is 278 g/mol. The van der Waals surface area contributed by atoms with Crippen molar-refractivity contribution in [3.63, 3.8) is 0 Å². The van der Waals surface area contributed by atoms with Crippen LogP contribution in [0.2, 0.25) is 0 Å². The Hall–Kier alpha value is -2.90. The summed E-state index contributed by atoms with van der Waals surface area (Å²) < 4.78 is 0.775. The molecule has 0 spiro atoms. The van der Waals surface area contributed by atoms with E-state index in [2.05, 4.69) is 4.98 Å². The minimum atomic E-state index is -1.18. The lowest BCUT2D eigenvalue weighted by Gasteiger charge is -2.05. The van der Waals surface area contributed by atoms with Crippen LogP contribution in [0.3, 0.4) is 0 Å². The van der Waals surface area contributed by atoms with E-state index in [1.165, 1.54) is 18.2 Å². The summed E-state index contributed by atoms with van der Waals surface area (Å²) in [7, 11) is 0. The molecule has 2 aromatic rings. The highest BCUT2D eigenvalue weighted by Crippen LogP contribution is 2.09. The summed E-state index contributed by atoms with van der Waals surface area (Å²) in [6, 6.07) is 3.71. The van der Waals surface area contributed by atoms with Gasteiger partial charge in [0.1, 0.15) is 0 Å². The molecule has 0 fully saturated rings. The fourth-order valence-electron chi connectivity index (χ4n) is 1.80. The first-order valence-corrected chi connectivity index (χ1v) is 5.62. The zero-order chi connectivity index (χ0) is 14.9.